The number of hydrogen-bond acceptors (Lipinski definition) is 3. The first kappa shape index (κ1) is 54.9. The van der Waals surface area contributed by atoms with Gasteiger partial charge in [-0.25, -0.2) is 0 Å². The maximum Gasteiger partial charge on any atom is 0.220 e. The summed E-state index contributed by atoms with van der Waals surface area (Å²) in [5, 5.41) is 23.1. The predicted molar refractivity (Wildman–Crippen MR) is 249 cm³/mol. The van der Waals surface area contributed by atoms with Gasteiger partial charge < -0.3 is 15.5 Å². The topological polar surface area (TPSA) is 69.6 Å². The Hall–Kier alpha value is -1.13. The minimum absolute atomic E-state index is 0.0693. The molecule has 4 heteroatoms. The van der Waals surface area contributed by atoms with E-state index in [1.54, 1.807) is 6.08 Å². The molecule has 0 saturated heterocycles. The number of unbranched alkanes of at least 4 members (excludes halogenated alkanes) is 38. The van der Waals surface area contributed by atoms with E-state index in [0.717, 1.165) is 32.1 Å². The Morgan fingerprint density at radius 2 is 0.696 bits per heavy atom. The summed E-state index contributed by atoms with van der Waals surface area (Å²) < 4.78 is 0. The molecular formula is C52H101NO3. The van der Waals surface area contributed by atoms with Gasteiger partial charge in [-0.05, 0) is 32.1 Å². The maximum absolute atomic E-state index is 12.4. The van der Waals surface area contributed by atoms with Gasteiger partial charge >= 0.3 is 0 Å². The lowest BCUT2D eigenvalue weighted by Crippen LogP contribution is -2.45. The van der Waals surface area contributed by atoms with Crippen molar-refractivity contribution in [1.29, 1.82) is 0 Å². The van der Waals surface area contributed by atoms with Crippen LogP contribution in [0.5, 0.6) is 0 Å². The number of nitrogens with one attached hydrogen (secondary N) is 1. The number of aliphatic hydroxyl groups is 2. The Bertz CT molecular complexity index is 810. The van der Waals surface area contributed by atoms with E-state index in [0.29, 0.717) is 6.42 Å². The quantitative estimate of drug-likeness (QED) is 0.0425. The molecule has 0 aliphatic heterocycles. The number of carbonyl (C=O) groups excluding carboxylic acids is 1. The van der Waals surface area contributed by atoms with Gasteiger partial charge in [0.15, 0.2) is 0 Å². The third-order valence-corrected chi connectivity index (χ3v) is 11.9. The molecule has 1 amide bonds. The molecule has 0 radical (unpaired) electrons. The molecule has 56 heavy (non-hydrogen) atoms. The van der Waals surface area contributed by atoms with Gasteiger partial charge in [0.05, 0.1) is 18.8 Å². The molecule has 4 nitrogen and oxygen atoms in total. The highest BCUT2D eigenvalue weighted by Gasteiger charge is 2.17. The lowest BCUT2D eigenvalue weighted by Gasteiger charge is -2.19. The minimum atomic E-state index is -0.859. The first-order valence-electron chi connectivity index (χ1n) is 25.6. The third-order valence-electron chi connectivity index (χ3n) is 11.9. The van der Waals surface area contributed by atoms with E-state index in [4.69, 9.17) is 0 Å². The second kappa shape index (κ2) is 48.2. The molecule has 0 spiro atoms. The van der Waals surface area contributed by atoms with E-state index in [1.807, 2.05) is 6.08 Å². The molecule has 0 saturated carbocycles. The number of amides is 1. The van der Waals surface area contributed by atoms with Gasteiger partial charge in [0, 0.05) is 6.42 Å². The van der Waals surface area contributed by atoms with Gasteiger partial charge in [-0.2, -0.15) is 0 Å². The van der Waals surface area contributed by atoms with Crippen LogP contribution in [0, 0.1) is 0 Å². The molecule has 2 unspecified atom stereocenters. The van der Waals surface area contributed by atoms with E-state index in [-0.39, 0.29) is 12.5 Å². The molecule has 0 bridgehead atoms. The van der Waals surface area contributed by atoms with Crippen molar-refractivity contribution in [3.63, 3.8) is 0 Å². The highest BCUT2D eigenvalue weighted by atomic mass is 16.3. The zero-order valence-corrected chi connectivity index (χ0v) is 38.2. The Kier molecular flexibility index (Phi) is 47.3. The lowest BCUT2D eigenvalue weighted by molar-refractivity contribution is -0.123. The monoisotopic (exact) mass is 788 g/mol. The van der Waals surface area contributed by atoms with Gasteiger partial charge in [-0.15, -0.1) is 0 Å². The summed E-state index contributed by atoms with van der Waals surface area (Å²) in [4.78, 5) is 12.4. The first-order valence-corrected chi connectivity index (χ1v) is 25.6. The number of allylic oxidation sites excluding steroid dienone is 3. The molecule has 0 aromatic carbocycles. The molecule has 0 aliphatic rings. The van der Waals surface area contributed by atoms with Crippen LogP contribution in [0.25, 0.3) is 0 Å². The van der Waals surface area contributed by atoms with Crippen LogP contribution in [-0.2, 0) is 4.79 Å². The average molecular weight is 788 g/mol. The Balaban J connectivity index is 3.51. The fourth-order valence-electron chi connectivity index (χ4n) is 8.02. The van der Waals surface area contributed by atoms with Crippen molar-refractivity contribution in [3.8, 4) is 0 Å². The third kappa shape index (κ3) is 44.0. The molecule has 0 aliphatic carbocycles. The van der Waals surface area contributed by atoms with Crippen LogP contribution in [0.2, 0.25) is 0 Å². The van der Waals surface area contributed by atoms with Crippen LogP contribution in [-0.4, -0.2) is 34.9 Å². The summed E-state index contributed by atoms with van der Waals surface area (Å²) in [5.74, 6) is -0.0693. The standard InChI is InChI=1S/C52H101NO3/c1-3-5-7-9-11-13-15-17-19-21-22-23-24-25-26-27-28-29-30-31-32-33-35-37-39-41-43-45-47-51(55)50(49-54)53-52(56)48-46-44-42-40-38-36-34-20-18-16-14-12-10-8-6-4-2/h37,39,45,47,50-51,54-55H,3-36,38,40-44,46,48-49H2,1-2H3,(H,53,56)/b39-37+,47-45+. The minimum Gasteiger partial charge on any atom is -0.394 e. The smallest absolute Gasteiger partial charge is 0.220 e. The van der Waals surface area contributed by atoms with Gasteiger partial charge in [0.1, 0.15) is 0 Å². The van der Waals surface area contributed by atoms with E-state index >= 15 is 0 Å². The molecular weight excluding hydrogens is 687 g/mol. The van der Waals surface area contributed by atoms with Gasteiger partial charge in [0.25, 0.3) is 0 Å². The largest absolute Gasteiger partial charge is 0.394 e. The average Bonchev–Trinajstić information content (AvgIpc) is 3.20. The van der Waals surface area contributed by atoms with Crippen molar-refractivity contribution in [2.75, 3.05) is 6.61 Å². The first-order chi connectivity index (χ1) is 27.7. The summed E-state index contributed by atoms with van der Waals surface area (Å²) in [6.45, 7) is 4.32. The fraction of sp³-hybridized carbons (Fsp3) is 0.904. The normalized spacial score (nSPS) is 13.0. The van der Waals surface area contributed by atoms with E-state index in [2.05, 4.69) is 31.3 Å². The van der Waals surface area contributed by atoms with Crippen LogP contribution in [0.4, 0.5) is 0 Å². The number of carbonyl (C=O) groups is 1. The SMILES string of the molecule is CCCCCCCCCCCCCCCCCCCCCCCC/C=C/CC/C=C/C(O)C(CO)NC(=O)CCCCCCCCCCCCCCCCCC. The van der Waals surface area contributed by atoms with Crippen molar-refractivity contribution < 1.29 is 15.0 Å². The van der Waals surface area contributed by atoms with Crippen LogP contribution in [0.1, 0.15) is 284 Å². The highest BCUT2D eigenvalue weighted by Crippen LogP contribution is 2.17. The van der Waals surface area contributed by atoms with Crippen LogP contribution >= 0.6 is 0 Å². The van der Waals surface area contributed by atoms with Crippen molar-refractivity contribution in [1.82, 2.24) is 5.32 Å². The maximum atomic E-state index is 12.4. The fourth-order valence-corrected chi connectivity index (χ4v) is 8.02. The molecule has 0 aromatic heterocycles. The number of rotatable bonds is 47. The zero-order chi connectivity index (χ0) is 40.7. The van der Waals surface area contributed by atoms with Crippen LogP contribution in [0.3, 0.4) is 0 Å². The van der Waals surface area contributed by atoms with Crippen molar-refractivity contribution in [2.24, 2.45) is 0 Å². The van der Waals surface area contributed by atoms with E-state index in [1.165, 1.54) is 231 Å². The lowest BCUT2D eigenvalue weighted by atomic mass is 10.0. The predicted octanol–water partition coefficient (Wildman–Crippen LogP) is 16.4. The van der Waals surface area contributed by atoms with Crippen molar-refractivity contribution in [3.05, 3.63) is 24.3 Å². The molecule has 3 N–H and O–H groups in total. The van der Waals surface area contributed by atoms with Crippen LogP contribution < -0.4 is 5.32 Å². The summed E-state index contributed by atoms with van der Waals surface area (Å²) in [6, 6.07) is -0.635. The molecule has 332 valence electrons. The molecule has 2 atom stereocenters. The second-order valence-electron chi connectivity index (χ2n) is 17.6. The molecule has 0 heterocycles. The highest BCUT2D eigenvalue weighted by molar-refractivity contribution is 5.76. The van der Waals surface area contributed by atoms with Crippen molar-refractivity contribution >= 4 is 5.91 Å². The molecule has 0 rings (SSSR count). The molecule has 0 fully saturated rings. The van der Waals surface area contributed by atoms with Gasteiger partial charge in [-0.3, -0.25) is 4.79 Å². The van der Waals surface area contributed by atoms with E-state index in [9.17, 15) is 15.0 Å². The Morgan fingerprint density at radius 3 is 1.04 bits per heavy atom. The van der Waals surface area contributed by atoms with E-state index < -0.39 is 12.1 Å². The Morgan fingerprint density at radius 1 is 0.411 bits per heavy atom. The van der Waals surface area contributed by atoms with Gasteiger partial charge in [0.2, 0.25) is 5.91 Å². The second-order valence-corrected chi connectivity index (χ2v) is 17.6. The summed E-state index contributed by atoms with van der Waals surface area (Å²) in [7, 11) is 0. The molecule has 0 aromatic rings. The van der Waals surface area contributed by atoms with Gasteiger partial charge in [-0.1, -0.05) is 269 Å². The summed E-state index contributed by atoms with van der Waals surface area (Å²) in [5.41, 5.74) is 0. The number of hydrogen-bond donors (Lipinski definition) is 3. The number of aliphatic hydroxyl groups excluding tert-OH is 2. The van der Waals surface area contributed by atoms with Crippen LogP contribution in [0.15, 0.2) is 24.3 Å². The van der Waals surface area contributed by atoms with Crippen molar-refractivity contribution in [2.45, 2.75) is 296 Å². The summed E-state index contributed by atoms with van der Waals surface area (Å²) in [6.07, 6.45) is 63.2. The zero-order valence-electron chi connectivity index (χ0n) is 38.2. The Labute approximate surface area is 351 Å². The summed E-state index contributed by atoms with van der Waals surface area (Å²) >= 11 is 0.